The molecule has 29 heavy (non-hydrogen) atoms. The third-order valence-corrected chi connectivity index (χ3v) is 5.09. The van der Waals surface area contributed by atoms with Gasteiger partial charge in [0.25, 0.3) is 5.56 Å². The van der Waals surface area contributed by atoms with Crippen LogP contribution in [0.5, 0.6) is 0 Å². The topological polar surface area (TPSA) is 67.2 Å². The van der Waals surface area contributed by atoms with E-state index >= 15 is 0 Å². The highest BCUT2D eigenvalue weighted by atomic mass is 16.1. The number of nitrogens with one attached hydrogen (secondary N) is 1. The predicted molar refractivity (Wildman–Crippen MR) is 113 cm³/mol. The zero-order chi connectivity index (χ0) is 19.8. The van der Waals surface area contributed by atoms with Crippen molar-refractivity contribution in [2.45, 2.75) is 6.42 Å². The fourth-order valence-corrected chi connectivity index (χ4v) is 3.74. The molecule has 0 spiro atoms. The molecule has 0 aliphatic rings. The highest BCUT2D eigenvalue weighted by Crippen LogP contribution is 2.24. The lowest BCUT2D eigenvalue weighted by Gasteiger charge is -2.07. The molecule has 0 radical (unpaired) electrons. The highest BCUT2D eigenvalue weighted by Gasteiger charge is 2.10. The molecule has 0 saturated heterocycles. The van der Waals surface area contributed by atoms with Gasteiger partial charge in [-0.25, -0.2) is 4.52 Å². The van der Waals surface area contributed by atoms with E-state index in [1.807, 2.05) is 66.7 Å². The molecule has 0 bridgehead atoms. The zero-order valence-corrected chi connectivity index (χ0v) is 15.5. The van der Waals surface area contributed by atoms with Crippen molar-refractivity contribution in [3.63, 3.8) is 0 Å². The Labute approximate surface area is 166 Å². The van der Waals surface area contributed by atoms with Gasteiger partial charge in [-0.3, -0.25) is 9.59 Å². The third-order valence-electron chi connectivity index (χ3n) is 5.09. The van der Waals surface area contributed by atoms with Gasteiger partial charge in [0.1, 0.15) is 5.65 Å². The summed E-state index contributed by atoms with van der Waals surface area (Å²) in [5.41, 5.74) is 5.85. The van der Waals surface area contributed by atoms with Crippen LogP contribution < -0.4 is 5.56 Å². The smallest absolute Gasteiger partial charge is 0.259 e. The number of H-pyrrole nitrogens is 1. The maximum absolute atomic E-state index is 12.3. The lowest BCUT2D eigenvalue weighted by Crippen LogP contribution is -2.09. The Kier molecular flexibility index (Phi) is 4.06. The minimum atomic E-state index is -0.119. The lowest BCUT2D eigenvalue weighted by atomic mass is 9.97. The number of carbonyl (C=O) groups is 1. The van der Waals surface area contributed by atoms with Crippen LogP contribution in [0, 0.1) is 0 Å². The van der Waals surface area contributed by atoms with Crippen molar-refractivity contribution in [2.24, 2.45) is 0 Å². The number of rotatable bonds is 4. The molecule has 1 N–H and O–H groups in total. The maximum atomic E-state index is 12.3. The van der Waals surface area contributed by atoms with Crippen molar-refractivity contribution >= 4 is 22.8 Å². The zero-order valence-electron chi connectivity index (χ0n) is 15.5. The summed E-state index contributed by atoms with van der Waals surface area (Å²) in [6.45, 7) is 0. The number of hydrogen-bond donors (Lipinski definition) is 1. The molecule has 0 aliphatic carbocycles. The highest BCUT2D eigenvalue weighted by molar-refractivity contribution is 5.87. The normalized spacial score (nSPS) is 11.2. The molecule has 3 aromatic carbocycles. The Bertz CT molecular complexity index is 1430. The summed E-state index contributed by atoms with van der Waals surface area (Å²) in [4.78, 5) is 26.6. The molecule has 2 heterocycles. The van der Waals surface area contributed by atoms with E-state index in [0.717, 1.165) is 34.2 Å². The summed E-state index contributed by atoms with van der Waals surface area (Å²) >= 11 is 0. The van der Waals surface area contributed by atoms with E-state index in [0.29, 0.717) is 23.0 Å². The van der Waals surface area contributed by atoms with Gasteiger partial charge in [-0.2, -0.15) is 5.10 Å². The molecule has 5 heteroatoms. The largest absolute Gasteiger partial charge is 0.306 e. The average molecular weight is 379 g/mol. The molecule has 0 aliphatic heterocycles. The number of carbonyl (C=O) groups excluding carboxylic acids is 1. The molecular formula is C24H17N3O2. The van der Waals surface area contributed by atoms with Crippen molar-refractivity contribution in [1.29, 1.82) is 0 Å². The molecule has 5 rings (SSSR count). The fourth-order valence-electron chi connectivity index (χ4n) is 3.74. The van der Waals surface area contributed by atoms with Crippen LogP contribution in [0.4, 0.5) is 0 Å². The van der Waals surface area contributed by atoms with Crippen molar-refractivity contribution < 1.29 is 4.79 Å². The van der Waals surface area contributed by atoms with Gasteiger partial charge < -0.3 is 4.98 Å². The van der Waals surface area contributed by atoms with E-state index in [2.05, 4.69) is 11.1 Å². The first-order chi connectivity index (χ1) is 14.2. The first kappa shape index (κ1) is 17.1. The second-order valence-corrected chi connectivity index (χ2v) is 6.99. The van der Waals surface area contributed by atoms with E-state index in [1.165, 1.54) is 0 Å². The summed E-state index contributed by atoms with van der Waals surface area (Å²) in [6.07, 6.45) is 1.50. The monoisotopic (exact) mass is 379 g/mol. The van der Waals surface area contributed by atoms with E-state index < -0.39 is 0 Å². The van der Waals surface area contributed by atoms with Gasteiger partial charge in [-0.1, -0.05) is 60.7 Å². The van der Waals surface area contributed by atoms with Crippen LogP contribution >= 0.6 is 0 Å². The van der Waals surface area contributed by atoms with Crippen LogP contribution in [-0.2, 0) is 6.42 Å². The molecule has 5 aromatic rings. The van der Waals surface area contributed by atoms with Gasteiger partial charge >= 0.3 is 0 Å². The molecule has 0 saturated carbocycles. The van der Waals surface area contributed by atoms with E-state index in [9.17, 15) is 9.59 Å². The Morgan fingerprint density at radius 3 is 2.66 bits per heavy atom. The van der Waals surface area contributed by atoms with Gasteiger partial charge in [-0.05, 0) is 28.8 Å². The minimum absolute atomic E-state index is 0.119. The fraction of sp³-hybridized carbons (Fsp3) is 0.0417. The molecule has 0 atom stereocenters. The number of hydrogen-bond acceptors (Lipinski definition) is 3. The summed E-state index contributed by atoms with van der Waals surface area (Å²) in [5, 5.41) is 5.32. The Hall–Kier alpha value is -3.99. The van der Waals surface area contributed by atoms with Gasteiger partial charge in [0.15, 0.2) is 6.29 Å². The van der Waals surface area contributed by atoms with Gasteiger partial charge in [-0.15, -0.1) is 0 Å². The van der Waals surface area contributed by atoms with Crippen molar-refractivity contribution in [2.75, 3.05) is 0 Å². The molecule has 5 nitrogen and oxygen atoms in total. The quantitative estimate of drug-likeness (QED) is 0.475. The Morgan fingerprint density at radius 2 is 1.76 bits per heavy atom. The van der Waals surface area contributed by atoms with Crippen LogP contribution in [0.25, 0.3) is 27.7 Å². The van der Waals surface area contributed by atoms with Crippen molar-refractivity contribution in [3.8, 4) is 11.1 Å². The second kappa shape index (κ2) is 6.87. The van der Waals surface area contributed by atoms with Crippen LogP contribution in [0.1, 0.15) is 21.6 Å². The number of para-hydroxylation sites is 1. The number of aromatic amines is 1. The molecule has 0 fully saturated rings. The number of nitrogens with zero attached hydrogens (tertiary/aromatic N) is 2. The molecule has 140 valence electrons. The lowest BCUT2D eigenvalue weighted by molar-refractivity contribution is 0.112. The van der Waals surface area contributed by atoms with E-state index in [4.69, 9.17) is 5.10 Å². The number of fused-ring (bicyclic) bond motifs is 3. The Balaban J connectivity index is 1.56. The first-order valence-corrected chi connectivity index (χ1v) is 9.36. The van der Waals surface area contributed by atoms with Crippen LogP contribution in [0.15, 0.2) is 83.7 Å². The number of aldehydes is 1. The first-order valence-electron chi connectivity index (χ1n) is 9.36. The van der Waals surface area contributed by atoms with Crippen molar-refractivity contribution in [1.82, 2.24) is 14.6 Å². The maximum Gasteiger partial charge on any atom is 0.259 e. The van der Waals surface area contributed by atoms with Crippen molar-refractivity contribution in [3.05, 3.63) is 106 Å². The van der Waals surface area contributed by atoms with Crippen LogP contribution in [0.3, 0.4) is 0 Å². The second-order valence-electron chi connectivity index (χ2n) is 6.99. The van der Waals surface area contributed by atoms with Crippen LogP contribution in [-0.4, -0.2) is 20.9 Å². The summed E-state index contributed by atoms with van der Waals surface area (Å²) in [6, 6.07) is 25.0. The van der Waals surface area contributed by atoms with Crippen LogP contribution in [0.2, 0.25) is 0 Å². The summed E-state index contributed by atoms with van der Waals surface area (Å²) in [5.74, 6) is 0. The SMILES string of the molecule is O=Cc1ccccc1-c1cccc(Cc2cc3[nH]c(=O)c4ccccc4n3n2)c1. The van der Waals surface area contributed by atoms with Gasteiger partial charge in [0, 0.05) is 18.1 Å². The standard InChI is InChI=1S/C24H17N3O2/c28-15-18-7-1-2-9-20(18)17-8-5-6-16(12-17)13-19-14-23-25-24(29)21-10-3-4-11-22(21)27(23)26-19/h1-12,14-15H,13H2,(H,25,29). The van der Waals surface area contributed by atoms with E-state index in [-0.39, 0.29) is 5.56 Å². The molecule has 2 aromatic heterocycles. The van der Waals surface area contributed by atoms with E-state index in [1.54, 1.807) is 10.6 Å². The predicted octanol–water partition coefficient (Wildman–Crippen LogP) is 4.25. The average Bonchev–Trinajstić information content (AvgIpc) is 3.16. The number of benzene rings is 3. The third kappa shape index (κ3) is 3.02. The Morgan fingerprint density at radius 1 is 0.931 bits per heavy atom. The molecule has 0 unspecified atom stereocenters. The molecule has 0 amide bonds. The van der Waals surface area contributed by atoms with Gasteiger partial charge in [0.2, 0.25) is 0 Å². The molecular weight excluding hydrogens is 362 g/mol. The summed E-state index contributed by atoms with van der Waals surface area (Å²) < 4.78 is 1.78. The number of aromatic nitrogens is 3. The van der Waals surface area contributed by atoms with Gasteiger partial charge in [0.05, 0.1) is 16.6 Å². The summed E-state index contributed by atoms with van der Waals surface area (Å²) in [7, 11) is 0. The minimum Gasteiger partial charge on any atom is -0.306 e.